The van der Waals surface area contributed by atoms with E-state index in [-0.39, 0.29) is 11.9 Å². The van der Waals surface area contributed by atoms with Crippen molar-refractivity contribution in [3.05, 3.63) is 41.3 Å². The smallest absolute Gasteiger partial charge is 0.237 e. The molecule has 2 aliphatic rings. The minimum Gasteiger partial charge on any atom is -0.352 e. The van der Waals surface area contributed by atoms with Gasteiger partial charge in [-0.15, -0.1) is 0 Å². The fraction of sp³-hybridized carbons (Fsp3) is 0.500. The number of piperazine rings is 1. The van der Waals surface area contributed by atoms with Crippen molar-refractivity contribution in [3.63, 3.8) is 0 Å². The Balaban J connectivity index is 1.53. The topological polar surface area (TPSA) is 69.7 Å². The molecule has 1 aromatic carbocycles. The molecule has 1 aromatic rings. The van der Waals surface area contributed by atoms with E-state index in [1.165, 1.54) is 9.71 Å². The highest BCUT2D eigenvalue weighted by Gasteiger charge is 2.32. The second-order valence-corrected chi connectivity index (χ2v) is 8.47. The van der Waals surface area contributed by atoms with Gasteiger partial charge in [0.15, 0.2) is 0 Å². The molecule has 0 radical (unpaired) electrons. The average molecular weight is 363 g/mol. The maximum atomic E-state index is 12.5. The van der Waals surface area contributed by atoms with Gasteiger partial charge in [-0.2, -0.15) is 4.31 Å². The monoisotopic (exact) mass is 363 g/mol. The molecule has 1 heterocycles. The van der Waals surface area contributed by atoms with Crippen LogP contribution < -0.4 is 5.32 Å². The molecule has 2 fully saturated rings. The van der Waals surface area contributed by atoms with Gasteiger partial charge >= 0.3 is 0 Å². The summed E-state index contributed by atoms with van der Waals surface area (Å²) in [6, 6.07) is 9.50. The third-order valence-electron chi connectivity index (χ3n) is 4.72. The molecule has 1 atom stereocenters. The van der Waals surface area contributed by atoms with Crippen LogP contribution in [0.3, 0.4) is 0 Å². The van der Waals surface area contributed by atoms with Crippen LogP contribution in [-0.4, -0.2) is 61.8 Å². The molecule has 1 amide bonds. The van der Waals surface area contributed by atoms with Crippen LogP contribution in [0.2, 0.25) is 0 Å². The second-order valence-electron chi connectivity index (χ2n) is 6.65. The quantitative estimate of drug-likeness (QED) is 0.826. The van der Waals surface area contributed by atoms with Gasteiger partial charge in [-0.3, -0.25) is 9.69 Å². The van der Waals surface area contributed by atoms with Gasteiger partial charge in [-0.05, 0) is 31.4 Å². The standard InChI is InChI=1S/C18H25N3O3S/c1-15(18(22)19-17-7-8-17)20-10-12-21(13-11-20)25(23,24)14-9-16-5-3-2-4-6-16/h2-6,9,14-15,17H,7-8,10-13H2,1H3,(H,19,22)/b14-9+/t15-/m1/s1. The molecule has 0 unspecified atom stereocenters. The van der Waals surface area contributed by atoms with Crippen LogP contribution in [0.5, 0.6) is 0 Å². The highest BCUT2D eigenvalue weighted by atomic mass is 32.2. The number of carbonyl (C=O) groups is 1. The van der Waals surface area contributed by atoms with Gasteiger partial charge in [-0.25, -0.2) is 8.42 Å². The van der Waals surface area contributed by atoms with E-state index < -0.39 is 10.0 Å². The maximum absolute atomic E-state index is 12.5. The molecule has 7 heteroatoms. The van der Waals surface area contributed by atoms with Crippen molar-refractivity contribution in [3.8, 4) is 0 Å². The summed E-state index contributed by atoms with van der Waals surface area (Å²) in [6.07, 6.45) is 3.75. The van der Waals surface area contributed by atoms with Crippen molar-refractivity contribution in [1.29, 1.82) is 0 Å². The number of sulfonamides is 1. The van der Waals surface area contributed by atoms with Crippen molar-refractivity contribution in [1.82, 2.24) is 14.5 Å². The first-order valence-corrected chi connectivity index (χ1v) is 10.2. The zero-order valence-corrected chi connectivity index (χ0v) is 15.3. The van der Waals surface area contributed by atoms with Gasteiger partial charge in [0.1, 0.15) is 0 Å². The van der Waals surface area contributed by atoms with Crippen LogP contribution >= 0.6 is 0 Å². The first kappa shape index (κ1) is 18.1. The van der Waals surface area contributed by atoms with Crippen LogP contribution in [0, 0.1) is 0 Å². The van der Waals surface area contributed by atoms with Gasteiger partial charge in [0.05, 0.1) is 6.04 Å². The number of nitrogens with one attached hydrogen (secondary N) is 1. The van der Waals surface area contributed by atoms with E-state index in [2.05, 4.69) is 5.32 Å². The Labute approximate surface area is 149 Å². The zero-order valence-electron chi connectivity index (χ0n) is 14.5. The van der Waals surface area contributed by atoms with E-state index in [0.29, 0.717) is 32.2 Å². The number of hydrogen-bond donors (Lipinski definition) is 1. The number of carbonyl (C=O) groups excluding carboxylic acids is 1. The predicted molar refractivity (Wildman–Crippen MR) is 98.2 cm³/mol. The summed E-state index contributed by atoms with van der Waals surface area (Å²) >= 11 is 0. The first-order chi connectivity index (χ1) is 12.0. The van der Waals surface area contributed by atoms with E-state index in [4.69, 9.17) is 0 Å². The molecule has 25 heavy (non-hydrogen) atoms. The van der Waals surface area contributed by atoms with Crippen molar-refractivity contribution < 1.29 is 13.2 Å². The minimum atomic E-state index is -3.43. The molecule has 1 saturated heterocycles. The van der Waals surface area contributed by atoms with E-state index in [1.54, 1.807) is 6.08 Å². The van der Waals surface area contributed by atoms with E-state index in [9.17, 15) is 13.2 Å². The van der Waals surface area contributed by atoms with E-state index >= 15 is 0 Å². The average Bonchev–Trinajstić information content (AvgIpc) is 3.44. The molecule has 136 valence electrons. The Hall–Kier alpha value is -1.70. The summed E-state index contributed by atoms with van der Waals surface area (Å²) in [5.74, 6) is 0.0442. The number of amides is 1. The molecule has 0 bridgehead atoms. The number of benzene rings is 1. The van der Waals surface area contributed by atoms with Crippen molar-refractivity contribution in [2.24, 2.45) is 0 Å². The summed E-state index contributed by atoms with van der Waals surface area (Å²) in [7, 11) is -3.43. The van der Waals surface area contributed by atoms with Crippen LogP contribution in [-0.2, 0) is 14.8 Å². The zero-order chi connectivity index (χ0) is 17.9. The third kappa shape index (κ3) is 4.90. The Morgan fingerprint density at radius 1 is 1.16 bits per heavy atom. The summed E-state index contributed by atoms with van der Waals surface area (Å²) in [5.41, 5.74) is 0.857. The Morgan fingerprint density at radius 3 is 2.40 bits per heavy atom. The third-order valence-corrected chi connectivity index (χ3v) is 6.28. The molecule has 6 nitrogen and oxygen atoms in total. The molecule has 0 aromatic heterocycles. The molecule has 1 aliphatic carbocycles. The van der Waals surface area contributed by atoms with Gasteiger partial charge in [0.2, 0.25) is 15.9 Å². The van der Waals surface area contributed by atoms with Crippen LogP contribution in [0.4, 0.5) is 0 Å². The van der Waals surface area contributed by atoms with Crippen molar-refractivity contribution in [2.45, 2.75) is 31.8 Å². The van der Waals surface area contributed by atoms with Crippen LogP contribution in [0.15, 0.2) is 35.7 Å². The lowest BCUT2D eigenvalue weighted by Crippen LogP contribution is -2.54. The second kappa shape index (κ2) is 7.68. The van der Waals surface area contributed by atoms with Gasteiger partial charge in [-0.1, -0.05) is 30.3 Å². The Kier molecular flexibility index (Phi) is 5.56. The molecule has 1 N–H and O–H groups in total. The highest BCUT2D eigenvalue weighted by Crippen LogP contribution is 2.19. The van der Waals surface area contributed by atoms with E-state index in [0.717, 1.165) is 18.4 Å². The summed E-state index contributed by atoms with van der Waals surface area (Å²) < 4.78 is 26.4. The molecule has 1 saturated carbocycles. The van der Waals surface area contributed by atoms with Gasteiger partial charge in [0.25, 0.3) is 0 Å². The van der Waals surface area contributed by atoms with Crippen LogP contribution in [0.1, 0.15) is 25.3 Å². The summed E-state index contributed by atoms with van der Waals surface area (Å²) in [5, 5.41) is 4.27. The lowest BCUT2D eigenvalue weighted by atomic mass is 10.2. The largest absolute Gasteiger partial charge is 0.352 e. The maximum Gasteiger partial charge on any atom is 0.237 e. The van der Waals surface area contributed by atoms with Crippen molar-refractivity contribution in [2.75, 3.05) is 26.2 Å². The van der Waals surface area contributed by atoms with Gasteiger partial charge in [0, 0.05) is 37.6 Å². The van der Waals surface area contributed by atoms with Gasteiger partial charge < -0.3 is 5.32 Å². The first-order valence-electron chi connectivity index (χ1n) is 8.73. The summed E-state index contributed by atoms with van der Waals surface area (Å²) in [4.78, 5) is 14.2. The molecular formula is C18H25N3O3S. The van der Waals surface area contributed by atoms with E-state index in [1.807, 2.05) is 42.2 Å². The number of rotatable bonds is 6. The molecule has 3 rings (SSSR count). The fourth-order valence-electron chi connectivity index (χ4n) is 2.88. The Morgan fingerprint density at radius 2 is 1.80 bits per heavy atom. The lowest BCUT2D eigenvalue weighted by molar-refractivity contribution is -0.126. The lowest BCUT2D eigenvalue weighted by Gasteiger charge is -2.36. The SMILES string of the molecule is C[C@H](C(=O)NC1CC1)N1CCN(S(=O)(=O)/C=C/c2ccccc2)CC1. The molecular weight excluding hydrogens is 338 g/mol. The molecule has 0 spiro atoms. The predicted octanol–water partition coefficient (Wildman–Crippen LogP) is 1.27. The fourth-order valence-corrected chi connectivity index (χ4v) is 4.05. The normalized spacial score (nSPS) is 21.3. The highest BCUT2D eigenvalue weighted by molar-refractivity contribution is 7.92. The Bertz CT molecular complexity index is 721. The summed E-state index contributed by atoms with van der Waals surface area (Å²) in [6.45, 7) is 3.83. The number of nitrogens with zero attached hydrogens (tertiary/aromatic N) is 2. The van der Waals surface area contributed by atoms with Crippen LogP contribution in [0.25, 0.3) is 6.08 Å². The minimum absolute atomic E-state index is 0.0442. The van der Waals surface area contributed by atoms with Crippen molar-refractivity contribution >= 4 is 22.0 Å². The molecule has 1 aliphatic heterocycles. The number of hydrogen-bond acceptors (Lipinski definition) is 4.